The van der Waals surface area contributed by atoms with Crippen LogP contribution in [0.5, 0.6) is 0 Å². The summed E-state index contributed by atoms with van der Waals surface area (Å²) in [5.41, 5.74) is 3.54. The average Bonchev–Trinajstić information content (AvgIpc) is 3.20. The lowest BCUT2D eigenvalue weighted by Crippen LogP contribution is -2.44. The van der Waals surface area contributed by atoms with Crippen molar-refractivity contribution in [2.75, 3.05) is 18.6 Å². The van der Waals surface area contributed by atoms with Gasteiger partial charge in [-0.1, -0.05) is 66.4 Å². The van der Waals surface area contributed by atoms with Gasteiger partial charge in [0.05, 0.1) is 18.4 Å². The number of amides is 1. The lowest BCUT2D eigenvalue weighted by Gasteiger charge is -2.16. The van der Waals surface area contributed by atoms with E-state index < -0.39 is 12.0 Å². The van der Waals surface area contributed by atoms with Crippen LogP contribution >= 0.6 is 23.5 Å². The maximum Gasteiger partial charge on any atom is 0.329 e. The number of thioether (sulfide) groups is 2. The summed E-state index contributed by atoms with van der Waals surface area (Å²) in [4.78, 5) is 29.4. The van der Waals surface area contributed by atoms with E-state index in [4.69, 9.17) is 4.74 Å². The highest BCUT2D eigenvalue weighted by atomic mass is 32.2. The van der Waals surface area contributed by atoms with Gasteiger partial charge in [-0.15, -0.1) is 16.8 Å². The summed E-state index contributed by atoms with van der Waals surface area (Å²) in [6.07, 6.45) is 1.80. The third-order valence-electron chi connectivity index (χ3n) is 5.22. The fourth-order valence-electron chi connectivity index (χ4n) is 3.61. The number of fused-ring (bicyclic) bond motifs is 3. The minimum atomic E-state index is -0.738. The van der Waals surface area contributed by atoms with Gasteiger partial charge in [-0.2, -0.15) is 11.8 Å². The van der Waals surface area contributed by atoms with E-state index in [1.165, 1.54) is 18.9 Å². The van der Waals surface area contributed by atoms with Crippen LogP contribution in [0.4, 0.5) is 0 Å². The first kappa shape index (κ1) is 24.7. The number of aromatic nitrogens is 4. The fourth-order valence-corrected chi connectivity index (χ4v) is 5.20. The van der Waals surface area contributed by atoms with E-state index in [0.717, 1.165) is 22.2 Å². The van der Waals surface area contributed by atoms with E-state index in [-0.39, 0.29) is 11.7 Å². The Bertz CT molecular complexity index is 1340. The topological polar surface area (TPSA) is 99.0 Å². The van der Waals surface area contributed by atoms with E-state index >= 15 is 0 Å². The third-order valence-corrected chi connectivity index (χ3v) is 7.16. The molecule has 0 aliphatic heterocycles. The predicted molar refractivity (Wildman–Crippen MR) is 140 cm³/mol. The van der Waals surface area contributed by atoms with Crippen LogP contribution in [-0.4, -0.2) is 56.3 Å². The molecule has 8 nitrogen and oxygen atoms in total. The zero-order valence-electron chi connectivity index (χ0n) is 19.2. The number of rotatable bonds is 11. The van der Waals surface area contributed by atoms with Gasteiger partial charge < -0.3 is 14.6 Å². The number of hydrogen-bond acceptors (Lipinski definition) is 8. The summed E-state index contributed by atoms with van der Waals surface area (Å²) in [7, 11) is 1.31. The first-order valence-electron chi connectivity index (χ1n) is 10.9. The molecular weight excluding hydrogens is 482 g/mol. The van der Waals surface area contributed by atoms with E-state index in [2.05, 4.69) is 27.1 Å². The molecule has 0 fully saturated rings. The Morgan fingerprint density at radius 3 is 2.69 bits per heavy atom. The molecule has 1 amide bonds. The summed E-state index contributed by atoms with van der Waals surface area (Å²) in [6.45, 7) is 4.41. The molecule has 1 atom stereocenters. The monoisotopic (exact) mass is 507 g/mol. The zero-order chi connectivity index (χ0) is 24.6. The van der Waals surface area contributed by atoms with Crippen molar-refractivity contribution in [3.05, 3.63) is 72.8 Å². The molecule has 4 aromatic rings. The molecule has 0 saturated heterocycles. The van der Waals surface area contributed by atoms with Gasteiger partial charge in [-0.25, -0.2) is 9.78 Å². The quantitative estimate of drug-likeness (QED) is 0.186. The van der Waals surface area contributed by atoms with E-state index in [1.54, 1.807) is 17.8 Å². The number of ether oxygens (including phenoxy) is 1. The third kappa shape index (κ3) is 6.01. The summed E-state index contributed by atoms with van der Waals surface area (Å²) in [5.74, 6) is 0.408. The molecule has 0 saturated carbocycles. The van der Waals surface area contributed by atoms with Crippen LogP contribution in [0.25, 0.3) is 22.1 Å². The van der Waals surface area contributed by atoms with Gasteiger partial charge in [0.2, 0.25) is 11.1 Å². The number of esters is 1. The smallest absolute Gasteiger partial charge is 0.329 e. The maximum absolute atomic E-state index is 12.6. The van der Waals surface area contributed by atoms with Gasteiger partial charge in [0.15, 0.2) is 5.65 Å². The molecule has 2 aromatic carbocycles. The van der Waals surface area contributed by atoms with Crippen molar-refractivity contribution in [2.24, 2.45) is 0 Å². The number of hydrogen-bond donors (Lipinski definition) is 1. The minimum Gasteiger partial charge on any atom is -0.467 e. The molecule has 0 radical (unpaired) electrons. The van der Waals surface area contributed by atoms with Gasteiger partial charge >= 0.3 is 5.97 Å². The number of carbonyl (C=O) groups is 2. The van der Waals surface area contributed by atoms with Crippen LogP contribution in [0.2, 0.25) is 0 Å². The molecule has 2 heterocycles. The van der Waals surface area contributed by atoms with Crippen LogP contribution in [0, 0.1) is 0 Å². The van der Waals surface area contributed by atoms with Crippen LogP contribution in [0.15, 0.2) is 72.4 Å². The second kappa shape index (κ2) is 11.9. The Balaban J connectivity index is 1.40. The van der Waals surface area contributed by atoms with Gasteiger partial charge in [0.1, 0.15) is 11.6 Å². The average molecular weight is 508 g/mol. The normalized spacial score (nSPS) is 11.9. The van der Waals surface area contributed by atoms with E-state index in [0.29, 0.717) is 28.6 Å². The number of methoxy groups -OCH3 is 1. The van der Waals surface area contributed by atoms with E-state index in [9.17, 15) is 9.59 Å². The van der Waals surface area contributed by atoms with Crippen molar-refractivity contribution in [2.45, 2.75) is 23.5 Å². The van der Waals surface area contributed by atoms with Crippen molar-refractivity contribution in [1.29, 1.82) is 0 Å². The minimum absolute atomic E-state index is 0.0473. The first-order valence-corrected chi connectivity index (χ1v) is 13.1. The predicted octanol–water partition coefficient (Wildman–Crippen LogP) is 3.85. The molecule has 35 heavy (non-hydrogen) atoms. The number of para-hydroxylation sites is 1. The summed E-state index contributed by atoms with van der Waals surface area (Å²) < 4.78 is 6.89. The van der Waals surface area contributed by atoms with Gasteiger partial charge in [-0.3, -0.25) is 4.79 Å². The molecule has 0 bridgehead atoms. The molecule has 1 unspecified atom stereocenters. The summed E-state index contributed by atoms with van der Waals surface area (Å²) in [6, 6.07) is 17.1. The summed E-state index contributed by atoms with van der Waals surface area (Å²) in [5, 5.41) is 12.7. The van der Waals surface area contributed by atoms with Gasteiger partial charge in [0, 0.05) is 23.4 Å². The molecule has 10 heteroatoms. The van der Waals surface area contributed by atoms with Crippen molar-refractivity contribution < 1.29 is 14.3 Å². The first-order chi connectivity index (χ1) is 17.1. The highest BCUT2D eigenvalue weighted by Gasteiger charge is 2.22. The number of nitrogens with zero attached hydrogens (tertiary/aromatic N) is 4. The lowest BCUT2D eigenvalue weighted by molar-refractivity contribution is -0.144. The maximum atomic E-state index is 12.6. The zero-order valence-corrected chi connectivity index (χ0v) is 20.8. The standard InChI is InChI=1S/C25H25N5O3S2/c1-3-13-30-20-12-8-7-11-18(20)22-23(30)27-25(29-28-22)35-16-21(31)26-19(24(32)33-2)15-34-14-17-9-5-4-6-10-17/h3-12,19H,1,13-16H2,2H3,(H,26,31). The molecule has 4 rings (SSSR count). The molecule has 1 N–H and O–H groups in total. The van der Waals surface area contributed by atoms with Crippen molar-refractivity contribution in [3.8, 4) is 0 Å². The van der Waals surface area contributed by atoms with Crippen molar-refractivity contribution >= 4 is 57.5 Å². The molecule has 2 aromatic heterocycles. The highest BCUT2D eigenvalue weighted by molar-refractivity contribution is 7.99. The lowest BCUT2D eigenvalue weighted by atomic mass is 10.2. The summed E-state index contributed by atoms with van der Waals surface area (Å²) >= 11 is 2.72. The van der Waals surface area contributed by atoms with Gasteiger partial charge in [-0.05, 0) is 11.6 Å². The second-order valence-electron chi connectivity index (χ2n) is 7.62. The second-order valence-corrected chi connectivity index (χ2v) is 9.59. The fraction of sp³-hybridized carbons (Fsp3) is 0.240. The Labute approximate surface area is 211 Å². The van der Waals surface area contributed by atoms with Crippen LogP contribution in [0.1, 0.15) is 5.56 Å². The molecule has 180 valence electrons. The molecule has 0 aliphatic rings. The number of carbonyl (C=O) groups excluding carboxylic acids is 2. The van der Waals surface area contributed by atoms with Crippen LogP contribution in [-0.2, 0) is 26.6 Å². The van der Waals surface area contributed by atoms with E-state index in [1.807, 2.05) is 59.2 Å². The Kier molecular flexibility index (Phi) is 8.38. The Hall–Kier alpha value is -3.37. The van der Waals surface area contributed by atoms with Crippen molar-refractivity contribution in [3.63, 3.8) is 0 Å². The molecule has 0 aliphatic carbocycles. The SMILES string of the molecule is C=CCn1c2ccccc2c2nnc(SCC(=O)NC(CSCc3ccccc3)C(=O)OC)nc21. The number of benzene rings is 2. The van der Waals surface area contributed by atoms with Gasteiger partial charge in [0.25, 0.3) is 0 Å². The molecular formula is C25H25N5O3S2. The highest BCUT2D eigenvalue weighted by Crippen LogP contribution is 2.27. The van der Waals surface area contributed by atoms with Crippen LogP contribution in [0.3, 0.4) is 0 Å². The number of nitrogens with one attached hydrogen (secondary N) is 1. The Morgan fingerprint density at radius 2 is 1.91 bits per heavy atom. The van der Waals surface area contributed by atoms with Crippen molar-refractivity contribution in [1.82, 2.24) is 25.1 Å². The molecule has 0 spiro atoms. The Morgan fingerprint density at radius 1 is 1.14 bits per heavy atom. The largest absolute Gasteiger partial charge is 0.467 e. The van der Waals surface area contributed by atoms with Crippen LogP contribution < -0.4 is 5.32 Å². The number of allylic oxidation sites excluding steroid dienone is 1.